The maximum absolute atomic E-state index is 4.45. The van der Waals surface area contributed by atoms with Crippen molar-refractivity contribution in [3.63, 3.8) is 0 Å². The van der Waals surface area contributed by atoms with Crippen molar-refractivity contribution in [2.75, 3.05) is 18.0 Å². The molecule has 1 atom stereocenters. The fourth-order valence-corrected chi connectivity index (χ4v) is 3.29. The lowest BCUT2D eigenvalue weighted by Gasteiger charge is -2.35. The van der Waals surface area contributed by atoms with Crippen LogP contribution in [0.5, 0.6) is 0 Å². The maximum Gasteiger partial charge on any atom is 0.108 e. The highest BCUT2D eigenvalue weighted by atomic mass is 79.9. The number of aryl methyl sites for hydroxylation is 1. The molecule has 0 N–H and O–H groups in total. The SMILES string of the molecule is CCc1nccn1C1CCCN(c2cncc(Br)c2)C1. The lowest BCUT2D eigenvalue weighted by atomic mass is 10.0. The van der Waals surface area contributed by atoms with Crippen LogP contribution in [0, 0.1) is 0 Å². The minimum absolute atomic E-state index is 0.514. The van der Waals surface area contributed by atoms with E-state index in [-0.39, 0.29) is 0 Å². The summed E-state index contributed by atoms with van der Waals surface area (Å²) < 4.78 is 3.38. The Morgan fingerprint density at radius 2 is 2.30 bits per heavy atom. The molecule has 0 aliphatic carbocycles. The maximum atomic E-state index is 4.45. The van der Waals surface area contributed by atoms with Gasteiger partial charge in [-0.2, -0.15) is 0 Å². The van der Waals surface area contributed by atoms with Gasteiger partial charge in [0.2, 0.25) is 0 Å². The summed E-state index contributed by atoms with van der Waals surface area (Å²) in [6.45, 7) is 4.30. The predicted molar refractivity (Wildman–Crippen MR) is 84.0 cm³/mol. The van der Waals surface area contributed by atoms with Gasteiger partial charge in [-0.25, -0.2) is 4.98 Å². The molecule has 0 radical (unpaired) electrons. The second-order valence-corrected chi connectivity index (χ2v) is 6.12. The second-order valence-electron chi connectivity index (χ2n) is 5.21. The highest BCUT2D eigenvalue weighted by Gasteiger charge is 2.22. The van der Waals surface area contributed by atoms with Crippen molar-refractivity contribution in [1.29, 1.82) is 0 Å². The Morgan fingerprint density at radius 1 is 1.40 bits per heavy atom. The van der Waals surface area contributed by atoms with E-state index in [1.807, 2.05) is 18.6 Å². The number of pyridine rings is 1. The first-order valence-corrected chi connectivity index (χ1v) is 7.94. The number of imidazole rings is 1. The molecule has 0 spiro atoms. The Morgan fingerprint density at radius 3 is 3.10 bits per heavy atom. The van der Waals surface area contributed by atoms with Crippen molar-refractivity contribution in [3.8, 4) is 0 Å². The van der Waals surface area contributed by atoms with Crippen LogP contribution in [0.3, 0.4) is 0 Å². The standard InChI is InChI=1S/C15H19BrN4/c1-2-15-18-5-7-20(15)13-4-3-6-19(11-13)14-8-12(16)9-17-10-14/h5,7-10,13H,2-4,6,11H2,1H3. The fraction of sp³-hybridized carbons (Fsp3) is 0.467. The summed E-state index contributed by atoms with van der Waals surface area (Å²) in [5, 5.41) is 0. The van der Waals surface area contributed by atoms with Crippen LogP contribution in [0.1, 0.15) is 31.6 Å². The van der Waals surface area contributed by atoms with Crippen molar-refractivity contribution in [1.82, 2.24) is 14.5 Å². The number of hydrogen-bond donors (Lipinski definition) is 0. The van der Waals surface area contributed by atoms with Crippen LogP contribution in [-0.4, -0.2) is 27.6 Å². The van der Waals surface area contributed by atoms with E-state index in [1.165, 1.54) is 24.4 Å². The molecular weight excluding hydrogens is 316 g/mol. The van der Waals surface area contributed by atoms with Gasteiger partial charge < -0.3 is 9.47 Å². The van der Waals surface area contributed by atoms with Gasteiger partial charge in [0.25, 0.3) is 0 Å². The van der Waals surface area contributed by atoms with Crippen molar-refractivity contribution in [3.05, 3.63) is 41.2 Å². The van der Waals surface area contributed by atoms with E-state index < -0.39 is 0 Å². The molecule has 2 aromatic rings. The van der Waals surface area contributed by atoms with Crippen LogP contribution in [-0.2, 0) is 6.42 Å². The Hall–Kier alpha value is -1.36. The number of nitrogens with zero attached hydrogens (tertiary/aromatic N) is 4. The zero-order valence-corrected chi connectivity index (χ0v) is 13.3. The number of piperidine rings is 1. The minimum atomic E-state index is 0.514. The first kappa shape index (κ1) is 13.6. The molecule has 0 aromatic carbocycles. The van der Waals surface area contributed by atoms with Gasteiger partial charge in [0.15, 0.2) is 0 Å². The van der Waals surface area contributed by atoms with Crippen molar-refractivity contribution < 1.29 is 0 Å². The van der Waals surface area contributed by atoms with E-state index in [1.54, 1.807) is 0 Å². The van der Waals surface area contributed by atoms with E-state index in [4.69, 9.17) is 0 Å². The van der Waals surface area contributed by atoms with E-state index >= 15 is 0 Å². The minimum Gasteiger partial charge on any atom is -0.368 e. The molecule has 1 fully saturated rings. The smallest absolute Gasteiger partial charge is 0.108 e. The van der Waals surface area contributed by atoms with Gasteiger partial charge in [-0.1, -0.05) is 6.92 Å². The molecule has 3 heterocycles. The normalized spacial score (nSPS) is 19.3. The topological polar surface area (TPSA) is 34.0 Å². The lowest BCUT2D eigenvalue weighted by molar-refractivity contribution is 0.396. The molecule has 2 aromatic heterocycles. The zero-order chi connectivity index (χ0) is 13.9. The highest BCUT2D eigenvalue weighted by Crippen LogP contribution is 2.28. The summed E-state index contributed by atoms with van der Waals surface area (Å²) in [5.41, 5.74) is 1.20. The fourth-order valence-electron chi connectivity index (χ4n) is 2.94. The number of aromatic nitrogens is 3. The average Bonchev–Trinajstić information content (AvgIpc) is 2.96. The summed E-state index contributed by atoms with van der Waals surface area (Å²) in [6, 6.07) is 2.66. The van der Waals surface area contributed by atoms with Crippen LogP contribution in [0.25, 0.3) is 0 Å². The van der Waals surface area contributed by atoms with Gasteiger partial charge in [0, 0.05) is 42.6 Å². The largest absolute Gasteiger partial charge is 0.368 e. The molecule has 1 aliphatic heterocycles. The number of rotatable bonds is 3. The van der Waals surface area contributed by atoms with E-state index in [0.717, 1.165) is 24.0 Å². The van der Waals surface area contributed by atoms with E-state index in [9.17, 15) is 0 Å². The van der Waals surface area contributed by atoms with Gasteiger partial charge in [-0.3, -0.25) is 4.98 Å². The average molecular weight is 335 g/mol. The quantitative estimate of drug-likeness (QED) is 0.862. The van der Waals surface area contributed by atoms with Crippen molar-refractivity contribution in [2.45, 2.75) is 32.2 Å². The summed E-state index contributed by atoms with van der Waals surface area (Å²) in [7, 11) is 0. The summed E-state index contributed by atoms with van der Waals surface area (Å²) in [6.07, 6.45) is 11.2. The molecule has 106 valence electrons. The molecule has 1 aliphatic rings. The van der Waals surface area contributed by atoms with E-state index in [2.05, 4.69) is 54.6 Å². The Bertz CT molecular complexity index is 581. The number of anilines is 1. The van der Waals surface area contributed by atoms with Crippen LogP contribution in [0.15, 0.2) is 35.3 Å². The first-order valence-electron chi connectivity index (χ1n) is 7.15. The predicted octanol–water partition coefficient (Wildman–Crippen LogP) is 3.44. The highest BCUT2D eigenvalue weighted by molar-refractivity contribution is 9.10. The molecule has 0 bridgehead atoms. The summed E-state index contributed by atoms with van der Waals surface area (Å²) in [4.78, 5) is 11.1. The molecule has 1 unspecified atom stereocenters. The Labute approximate surface area is 128 Å². The van der Waals surface area contributed by atoms with Gasteiger partial charge in [-0.15, -0.1) is 0 Å². The molecule has 20 heavy (non-hydrogen) atoms. The van der Waals surface area contributed by atoms with Crippen LogP contribution >= 0.6 is 15.9 Å². The zero-order valence-electron chi connectivity index (χ0n) is 11.7. The number of hydrogen-bond acceptors (Lipinski definition) is 3. The van der Waals surface area contributed by atoms with Crippen LogP contribution in [0.4, 0.5) is 5.69 Å². The van der Waals surface area contributed by atoms with Crippen LogP contribution < -0.4 is 4.90 Å². The third-order valence-electron chi connectivity index (χ3n) is 3.91. The summed E-state index contributed by atoms with van der Waals surface area (Å²) in [5.74, 6) is 1.18. The van der Waals surface area contributed by atoms with Gasteiger partial charge in [0.1, 0.15) is 5.82 Å². The molecule has 1 saturated heterocycles. The van der Waals surface area contributed by atoms with E-state index in [0.29, 0.717) is 6.04 Å². The van der Waals surface area contributed by atoms with Crippen molar-refractivity contribution in [2.24, 2.45) is 0 Å². The molecule has 3 rings (SSSR count). The Balaban J connectivity index is 1.80. The third kappa shape index (κ3) is 2.73. The molecular formula is C15H19BrN4. The first-order chi connectivity index (χ1) is 9.78. The second kappa shape index (κ2) is 5.95. The summed E-state index contributed by atoms with van der Waals surface area (Å²) >= 11 is 3.50. The number of halogens is 1. The molecule has 5 heteroatoms. The van der Waals surface area contributed by atoms with Gasteiger partial charge in [-0.05, 0) is 34.8 Å². The van der Waals surface area contributed by atoms with Crippen molar-refractivity contribution >= 4 is 21.6 Å². The van der Waals surface area contributed by atoms with Crippen LogP contribution in [0.2, 0.25) is 0 Å². The lowest BCUT2D eigenvalue weighted by Crippen LogP contribution is -2.37. The molecule has 4 nitrogen and oxygen atoms in total. The Kier molecular flexibility index (Phi) is 4.05. The van der Waals surface area contributed by atoms with Gasteiger partial charge in [0.05, 0.1) is 17.9 Å². The third-order valence-corrected chi connectivity index (χ3v) is 4.34. The monoisotopic (exact) mass is 334 g/mol. The van der Waals surface area contributed by atoms with Gasteiger partial charge >= 0.3 is 0 Å². The molecule has 0 saturated carbocycles. The molecule has 0 amide bonds.